The monoisotopic (exact) mass is 3000 g/mol. The van der Waals surface area contributed by atoms with Crippen LogP contribution in [0.5, 0.6) is 0 Å². The summed E-state index contributed by atoms with van der Waals surface area (Å²) < 4.78 is 0. The molecule has 0 atom stereocenters. The minimum Gasteiger partial charge on any atom is -0.525 e. The van der Waals surface area contributed by atoms with Crippen LogP contribution in [0.3, 0.4) is 0 Å². The Morgan fingerprint density at radius 3 is 0.194 bits per heavy atom. The maximum atomic E-state index is 8.45. The number of hydrogen-bond acceptors (Lipinski definition) is 1. The van der Waals surface area contributed by atoms with Gasteiger partial charge in [-0.3, -0.25) is 0 Å². The molecule has 0 saturated carbocycles. The first-order chi connectivity index (χ1) is 1.41. The summed E-state index contributed by atoms with van der Waals surface area (Å²) in [6.45, 7) is 0. The molecule has 0 fully saturated rings. The molecule has 33 radical (unpaired) electrons. The Hall–Kier alpha value is 36.4. The molecule has 0 rings (SSSR count). The molecule has 0 aromatic carbocycles. The topological polar surface area (TPSA) is 17.1 Å². The van der Waals surface area contributed by atoms with Crippen molar-refractivity contribution in [3.05, 3.63) is 0 Å². The van der Waals surface area contributed by atoms with Gasteiger partial charge in [-0.2, -0.15) is 5.75 Å². The second-order valence-corrected chi connectivity index (χ2v) is 0.231. The molecule has 0 bridgehead atoms. The van der Waals surface area contributed by atoms with Crippen molar-refractivity contribution in [3.8, 4) is 0 Å². The summed E-state index contributed by atoms with van der Waals surface area (Å²) in [7, 11) is 0. The average Bonchev–Trinajstić information content (AvgIpc) is 0.918. The van der Waals surface area contributed by atoms with E-state index >= 15 is 0 Å². The Morgan fingerprint density at radius 2 is 0.194 bits per heavy atom. The summed E-state index contributed by atoms with van der Waals surface area (Å²) in [5.41, 5.74) is 0. The van der Waals surface area contributed by atoms with Crippen molar-refractivity contribution in [1.82, 2.24) is 0 Å². The van der Waals surface area contributed by atoms with Crippen LogP contribution in [0.4, 0.5) is 0 Å². The molecular weight excluding hydrogens is 3000 g/mol. The average molecular weight is 3000 g/mol. The second-order valence-electron chi connectivity index (χ2n) is 0.0772. The molecule has 1 nitrogen and oxygen atoms in total. The van der Waals surface area contributed by atoms with E-state index in [-0.39, 0.29) is 1080 Å². The first-order valence-corrected chi connectivity index (χ1v) is 0.771. The zero-order chi connectivity index (χ0) is 2.71. The van der Waals surface area contributed by atoms with Gasteiger partial charge in [-0.25, -0.2) is 0 Å². The largest absolute Gasteiger partial charge is 0.525 e. The van der Waals surface area contributed by atoms with Gasteiger partial charge in [0.1, 0.15) is 0 Å². The molecule has 0 aromatic rings. The third-order valence-electron chi connectivity index (χ3n) is 0. The maximum Gasteiger partial charge on any atom is 0 e. The van der Waals surface area contributed by atoms with Crippen molar-refractivity contribution in [2.24, 2.45) is 0 Å². The van der Waals surface area contributed by atoms with Gasteiger partial charge < -0.3 is 16.4 Å². The van der Waals surface area contributed by atoms with Gasteiger partial charge in [0.25, 0.3) is 0 Å². The molecule has 0 amide bonds. The zero-order valence-corrected chi connectivity index (χ0v) is 115. The van der Waals surface area contributed by atoms with Crippen LogP contribution in [0.15, 0.2) is 0 Å². The fraction of sp³-hybridized carbons (Fsp3) is 0. The smallest absolute Gasteiger partial charge is 0 e. The van der Waals surface area contributed by atoms with Gasteiger partial charge in [-0.1, -0.05) is 0 Å². The van der Waals surface area contributed by atoms with Gasteiger partial charge in [-0.05, 0) is 0 Å². The predicted octanol–water partition coefficient (Wildman–Crippen LogP) is 0.210. The van der Waals surface area contributed by atoms with E-state index < -0.39 is 0 Å². The summed E-state index contributed by atoms with van der Waals surface area (Å²) >= 11 is 4.19. The number of halogens is 1. The van der Waals surface area contributed by atoms with Crippen molar-refractivity contribution in [1.29, 1.82) is 0 Å². The van der Waals surface area contributed by atoms with E-state index in [1.165, 1.54) is 0 Å². The third kappa shape index (κ3) is 256. The van der Waals surface area contributed by atoms with Crippen LogP contribution in [0.25, 0.3) is 0 Å². The minimum atomic E-state index is 0. The molecule has 117 valence electrons. The molecule has 0 spiro atoms. The van der Waals surface area contributed by atoms with E-state index in [0.717, 1.165) is 5.75 Å². The minimum absolute atomic E-state index is 0. The Balaban J connectivity index is -0.0000000000379. The van der Waals surface area contributed by atoms with Crippen LogP contribution in [0.1, 0.15) is 0 Å². The Bertz CT molecular complexity index is 27.2. The first-order valence-electron chi connectivity index (χ1n) is 0.393. The van der Waals surface area contributed by atoms with E-state index in [1.54, 1.807) is 0 Å². The summed E-state index contributed by atoms with van der Waals surface area (Å²) in [5, 5.41) is 0. The van der Waals surface area contributed by atoms with Gasteiger partial charge in [0.05, 0.1) is 0 Å². The molecular formula is CClOY33-. The zero-order valence-electron chi connectivity index (χ0n) is 20.3. The SMILES string of the molecule is O=[C-]Cl.[Y].[Y].[Y].[Y].[Y].[Y].[Y].[Y].[Y].[Y].[Y].[Y].[Y].[Y].[Y].[Y].[Y].[Y].[Y].[Y].[Y].[Y].[Y].[Y].[Y].[Y].[Y].[Y].[Y].[Y].[Y].[Y].[Y]. The van der Waals surface area contributed by atoms with Gasteiger partial charge in [0, 0.05) is 1080 Å². The van der Waals surface area contributed by atoms with Crippen molar-refractivity contribution < 1.29 is 1080 Å². The maximum absolute atomic E-state index is 8.45. The first kappa shape index (κ1) is 250. The van der Waals surface area contributed by atoms with Crippen LogP contribution in [0.2, 0.25) is 0 Å². The van der Waals surface area contributed by atoms with E-state index in [1.807, 2.05) is 0 Å². The van der Waals surface area contributed by atoms with Gasteiger partial charge in [-0.15, -0.1) is 0 Å². The molecule has 0 aliphatic carbocycles. The quantitative estimate of drug-likeness (QED) is 0.251. The van der Waals surface area contributed by atoms with Crippen LogP contribution in [-0.2, 0) is 1080 Å². The van der Waals surface area contributed by atoms with E-state index in [9.17, 15) is 0 Å². The normalized spacial score (nSPS) is 0.361. The van der Waals surface area contributed by atoms with Gasteiger partial charge in [0.2, 0.25) is 0 Å². The molecule has 0 aliphatic rings. The predicted molar refractivity (Wildman–Crippen MR) is 11.5 cm³/mol. The fourth-order valence-electron chi connectivity index (χ4n) is 0. The molecule has 0 aromatic heterocycles. The van der Waals surface area contributed by atoms with Crippen LogP contribution >= 0.6 is 11.6 Å². The molecule has 35 heteroatoms. The summed E-state index contributed by atoms with van der Waals surface area (Å²) in [6.07, 6.45) is 0. The van der Waals surface area contributed by atoms with Crippen LogP contribution in [0, 0.1) is 0 Å². The molecule has 0 unspecified atom stereocenters. The van der Waals surface area contributed by atoms with Gasteiger partial charge >= 0.3 is 0 Å². The molecule has 0 saturated heterocycles. The summed E-state index contributed by atoms with van der Waals surface area (Å²) in [6, 6.07) is 0. The third-order valence-corrected chi connectivity index (χ3v) is 0. The van der Waals surface area contributed by atoms with Crippen molar-refractivity contribution in [2.75, 3.05) is 0 Å². The fourth-order valence-corrected chi connectivity index (χ4v) is 0. The molecule has 0 heterocycles. The Morgan fingerprint density at radius 1 is 0.194 bits per heavy atom. The van der Waals surface area contributed by atoms with Gasteiger partial charge in [0.15, 0.2) is 0 Å². The summed E-state index contributed by atoms with van der Waals surface area (Å²) in [4.78, 5) is 8.45. The Labute approximate surface area is 1060 Å². The van der Waals surface area contributed by atoms with E-state index in [2.05, 4.69) is 11.6 Å². The number of hydrogen-bond donors (Lipinski definition) is 0. The van der Waals surface area contributed by atoms with Crippen LogP contribution in [-0.4, -0.2) is 5.75 Å². The van der Waals surface area contributed by atoms with E-state index in [0.29, 0.717) is 0 Å². The summed E-state index contributed by atoms with van der Waals surface area (Å²) in [5.74, 6) is 0.972. The standard InChI is InChI=1S/CClO.33Y/c2-1-3;;;;;;;;;;;;;;;;;;;;;;;;;;;;;;;;;/q-1;;;;;;;;;;;;;;;;;;;;;;;;;;;;;;;;;. The number of carbonyl (C=O) groups excluding carboxylic acids is 1. The molecule has 0 aliphatic heterocycles. The van der Waals surface area contributed by atoms with Crippen molar-refractivity contribution in [2.45, 2.75) is 0 Å². The van der Waals surface area contributed by atoms with Crippen molar-refractivity contribution in [3.63, 3.8) is 0 Å². The van der Waals surface area contributed by atoms with Crippen molar-refractivity contribution >= 4 is 17.3 Å². The molecule has 36 heavy (non-hydrogen) atoms. The number of rotatable bonds is 0. The second kappa shape index (κ2) is 253. The van der Waals surface area contributed by atoms with E-state index in [4.69, 9.17) is 4.79 Å². The Kier molecular flexibility index (Phi) is 1760. The molecule has 0 N–H and O–H groups in total. The van der Waals surface area contributed by atoms with Crippen LogP contribution < -0.4 is 0 Å².